The van der Waals surface area contributed by atoms with Crippen LogP contribution in [0.15, 0.2) is 22.9 Å². The van der Waals surface area contributed by atoms with E-state index < -0.39 is 0 Å². The second kappa shape index (κ2) is 4.72. The van der Waals surface area contributed by atoms with Gasteiger partial charge in [-0.15, -0.1) is 0 Å². The maximum Gasteiger partial charge on any atom is 0.211 e. The molecule has 0 aliphatic rings. The predicted molar refractivity (Wildman–Crippen MR) is 47.0 cm³/mol. The van der Waals surface area contributed by atoms with E-state index in [0.29, 0.717) is 6.41 Å². The van der Waals surface area contributed by atoms with Gasteiger partial charge in [0, 0.05) is 5.70 Å². The highest BCUT2D eigenvalue weighted by molar-refractivity contribution is 5.52. The van der Waals surface area contributed by atoms with Crippen LogP contribution in [0, 0.1) is 0 Å². The Morgan fingerprint density at radius 2 is 1.73 bits per heavy atom. The van der Waals surface area contributed by atoms with E-state index in [1.54, 1.807) is 0 Å². The molecule has 0 atom stereocenters. The lowest BCUT2D eigenvalue weighted by atomic mass is 10.2. The Morgan fingerprint density at radius 3 is 2.00 bits per heavy atom. The maximum atomic E-state index is 10.1. The van der Waals surface area contributed by atoms with Gasteiger partial charge in [-0.1, -0.05) is 11.1 Å². The van der Waals surface area contributed by atoms with Crippen LogP contribution in [0.1, 0.15) is 27.7 Å². The van der Waals surface area contributed by atoms with E-state index in [4.69, 9.17) is 0 Å². The Bertz CT molecular complexity index is 194. The van der Waals surface area contributed by atoms with Gasteiger partial charge in [0.2, 0.25) is 6.41 Å². The van der Waals surface area contributed by atoms with Crippen molar-refractivity contribution in [3.63, 3.8) is 0 Å². The van der Waals surface area contributed by atoms with E-state index >= 15 is 0 Å². The number of carbonyl (C=O) groups excluding carboxylic acids is 1. The van der Waals surface area contributed by atoms with Crippen molar-refractivity contribution in [1.29, 1.82) is 0 Å². The van der Waals surface area contributed by atoms with E-state index in [-0.39, 0.29) is 0 Å². The van der Waals surface area contributed by atoms with Gasteiger partial charge in [-0.05, 0) is 33.8 Å². The highest BCUT2D eigenvalue weighted by Gasteiger charge is 1.92. The molecule has 0 bridgehead atoms. The second-order valence-electron chi connectivity index (χ2n) is 2.90. The van der Waals surface area contributed by atoms with Gasteiger partial charge in [-0.3, -0.25) is 4.79 Å². The lowest BCUT2D eigenvalue weighted by molar-refractivity contribution is -0.108. The molecule has 0 radical (unpaired) electrons. The Hall–Kier alpha value is -1.05. The zero-order valence-electron chi connectivity index (χ0n) is 7.56. The summed E-state index contributed by atoms with van der Waals surface area (Å²) in [6.07, 6.45) is 2.64. The third-order valence-corrected chi connectivity index (χ3v) is 1.19. The molecule has 0 aliphatic carbocycles. The number of nitrogens with one attached hydrogen (secondary N) is 1. The van der Waals surface area contributed by atoms with Crippen molar-refractivity contribution >= 4 is 6.41 Å². The monoisotopic (exact) mass is 153 g/mol. The Morgan fingerprint density at radius 1 is 1.18 bits per heavy atom. The summed E-state index contributed by atoms with van der Waals surface area (Å²) in [5.41, 5.74) is 3.17. The highest BCUT2D eigenvalue weighted by atomic mass is 16.1. The van der Waals surface area contributed by atoms with Crippen molar-refractivity contribution in [2.45, 2.75) is 27.7 Å². The fourth-order valence-corrected chi connectivity index (χ4v) is 0.683. The minimum absolute atomic E-state index is 0.696. The molecular formula is C9H15NO. The van der Waals surface area contributed by atoms with Crippen LogP contribution in [-0.4, -0.2) is 6.41 Å². The van der Waals surface area contributed by atoms with Crippen LogP contribution in [0.2, 0.25) is 0 Å². The molecule has 2 nitrogen and oxygen atoms in total. The molecule has 0 aliphatic heterocycles. The van der Waals surface area contributed by atoms with Crippen molar-refractivity contribution < 1.29 is 4.79 Å². The molecule has 1 N–H and O–H groups in total. The van der Waals surface area contributed by atoms with Gasteiger partial charge >= 0.3 is 0 Å². The molecule has 0 heterocycles. The topological polar surface area (TPSA) is 29.1 Å². The molecule has 62 valence electrons. The molecule has 0 fully saturated rings. The standard InChI is InChI=1S/C9H15NO/c1-7(2)5-9(8(3)4)10-6-11/h5-6H,1-4H3,(H,10,11). The molecule has 0 saturated carbocycles. The van der Waals surface area contributed by atoms with Crippen molar-refractivity contribution in [2.24, 2.45) is 0 Å². The largest absolute Gasteiger partial charge is 0.329 e. The van der Waals surface area contributed by atoms with E-state index in [1.165, 1.54) is 5.57 Å². The van der Waals surface area contributed by atoms with Crippen molar-refractivity contribution in [3.05, 3.63) is 22.9 Å². The minimum Gasteiger partial charge on any atom is -0.329 e. The first kappa shape index (κ1) is 9.95. The quantitative estimate of drug-likeness (QED) is 0.487. The van der Waals surface area contributed by atoms with E-state index in [2.05, 4.69) is 5.32 Å². The summed E-state index contributed by atoms with van der Waals surface area (Å²) in [5.74, 6) is 0. The van der Waals surface area contributed by atoms with Gasteiger partial charge in [0.15, 0.2) is 0 Å². The molecule has 1 amide bonds. The SMILES string of the molecule is CC(C)=CC(NC=O)=C(C)C. The Balaban J connectivity index is 4.50. The lowest BCUT2D eigenvalue weighted by Gasteiger charge is -2.02. The molecule has 0 unspecified atom stereocenters. The number of hydrogen-bond acceptors (Lipinski definition) is 1. The zero-order valence-corrected chi connectivity index (χ0v) is 7.56. The normalized spacial score (nSPS) is 8.36. The average Bonchev–Trinajstić information content (AvgIpc) is 1.86. The summed E-state index contributed by atoms with van der Waals surface area (Å²) in [6.45, 7) is 7.92. The van der Waals surface area contributed by atoms with Crippen LogP contribution in [0.3, 0.4) is 0 Å². The molecule has 0 aromatic rings. The average molecular weight is 153 g/mol. The lowest BCUT2D eigenvalue weighted by Crippen LogP contribution is -2.09. The third-order valence-electron chi connectivity index (χ3n) is 1.19. The number of carbonyl (C=O) groups is 1. The van der Waals surface area contributed by atoms with Crippen LogP contribution >= 0.6 is 0 Å². The van der Waals surface area contributed by atoms with E-state index in [9.17, 15) is 4.79 Å². The van der Waals surface area contributed by atoms with Gasteiger partial charge in [0.05, 0.1) is 0 Å². The van der Waals surface area contributed by atoms with E-state index in [0.717, 1.165) is 11.3 Å². The Labute approximate surface area is 68.0 Å². The zero-order chi connectivity index (χ0) is 8.85. The minimum atomic E-state index is 0.696. The summed E-state index contributed by atoms with van der Waals surface area (Å²) in [4.78, 5) is 10.1. The van der Waals surface area contributed by atoms with Gasteiger partial charge in [-0.25, -0.2) is 0 Å². The van der Waals surface area contributed by atoms with Crippen LogP contribution in [0.4, 0.5) is 0 Å². The molecule has 0 aromatic carbocycles. The van der Waals surface area contributed by atoms with Crippen molar-refractivity contribution in [2.75, 3.05) is 0 Å². The van der Waals surface area contributed by atoms with Gasteiger partial charge < -0.3 is 5.32 Å². The number of amides is 1. The van der Waals surface area contributed by atoms with Crippen LogP contribution in [-0.2, 0) is 4.79 Å². The molecule has 2 heteroatoms. The summed E-state index contributed by atoms with van der Waals surface area (Å²) in [7, 11) is 0. The smallest absolute Gasteiger partial charge is 0.211 e. The fraction of sp³-hybridized carbons (Fsp3) is 0.444. The van der Waals surface area contributed by atoms with Crippen LogP contribution in [0.25, 0.3) is 0 Å². The number of allylic oxidation sites excluding steroid dienone is 3. The maximum absolute atomic E-state index is 10.1. The van der Waals surface area contributed by atoms with Crippen molar-refractivity contribution in [3.8, 4) is 0 Å². The van der Waals surface area contributed by atoms with E-state index in [1.807, 2.05) is 33.8 Å². The molecular weight excluding hydrogens is 138 g/mol. The van der Waals surface area contributed by atoms with Gasteiger partial charge in [-0.2, -0.15) is 0 Å². The molecule has 0 saturated heterocycles. The number of hydrogen-bond donors (Lipinski definition) is 1. The second-order valence-corrected chi connectivity index (χ2v) is 2.90. The predicted octanol–water partition coefficient (Wildman–Crippen LogP) is 1.99. The number of rotatable bonds is 3. The first-order valence-electron chi connectivity index (χ1n) is 3.60. The van der Waals surface area contributed by atoms with Gasteiger partial charge in [0.25, 0.3) is 0 Å². The first-order valence-corrected chi connectivity index (χ1v) is 3.60. The summed E-state index contributed by atoms with van der Waals surface area (Å²) in [5, 5.41) is 2.64. The molecule has 0 aromatic heterocycles. The third kappa shape index (κ3) is 4.37. The molecule has 11 heavy (non-hydrogen) atoms. The summed E-state index contributed by atoms with van der Waals surface area (Å²) in [6, 6.07) is 0. The molecule has 0 rings (SSSR count). The fourth-order valence-electron chi connectivity index (χ4n) is 0.683. The first-order chi connectivity index (χ1) is 5.07. The Kier molecular flexibility index (Phi) is 4.27. The van der Waals surface area contributed by atoms with Crippen LogP contribution in [0.5, 0.6) is 0 Å². The van der Waals surface area contributed by atoms with Crippen LogP contribution < -0.4 is 5.32 Å². The molecule has 0 spiro atoms. The highest BCUT2D eigenvalue weighted by Crippen LogP contribution is 2.03. The summed E-state index contributed by atoms with van der Waals surface area (Å²) < 4.78 is 0. The summed E-state index contributed by atoms with van der Waals surface area (Å²) >= 11 is 0. The van der Waals surface area contributed by atoms with Crippen molar-refractivity contribution in [1.82, 2.24) is 5.32 Å². The van der Waals surface area contributed by atoms with Gasteiger partial charge in [0.1, 0.15) is 0 Å².